The first-order valence-corrected chi connectivity index (χ1v) is 5.29. The van der Waals surface area contributed by atoms with E-state index in [4.69, 9.17) is 5.11 Å². The van der Waals surface area contributed by atoms with Gasteiger partial charge in [0.05, 0.1) is 11.8 Å². The van der Waals surface area contributed by atoms with Crippen LogP contribution >= 0.6 is 0 Å². The predicted molar refractivity (Wildman–Crippen MR) is 60.3 cm³/mol. The van der Waals surface area contributed by atoms with Crippen LogP contribution in [0.3, 0.4) is 0 Å². The number of alkyl halides is 3. The second kappa shape index (κ2) is 4.75. The number of carboxylic acids is 1. The van der Waals surface area contributed by atoms with Gasteiger partial charge in [-0.05, 0) is 11.6 Å². The summed E-state index contributed by atoms with van der Waals surface area (Å²) in [6.45, 7) is -0.395. The molecule has 19 heavy (non-hydrogen) atoms. The van der Waals surface area contributed by atoms with Gasteiger partial charge in [-0.25, -0.2) is 0 Å². The minimum atomic E-state index is -4.47. The van der Waals surface area contributed by atoms with Gasteiger partial charge in [-0.1, -0.05) is 18.2 Å². The second-order valence-corrected chi connectivity index (χ2v) is 3.86. The Kier molecular flexibility index (Phi) is 3.28. The largest absolute Gasteiger partial charge is 0.480 e. The van der Waals surface area contributed by atoms with Crippen molar-refractivity contribution >= 4 is 5.97 Å². The summed E-state index contributed by atoms with van der Waals surface area (Å²) >= 11 is 0. The Bertz CT molecular complexity index is 605. The molecule has 0 aliphatic rings. The summed E-state index contributed by atoms with van der Waals surface area (Å²) in [6.07, 6.45) is -1.97. The van der Waals surface area contributed by atoms with Gasteiger partial charge in [0.15, 0.2) is 0 Å². The van der Waals surface area contributed by atoms with Crippen LogP contribution in [0.4, 0.5) is 13.2 Å². The van der Waals surface area contributed by atoms with E-state index in [1.807, 2.05) is 0 Å². The molecule has 100 valence electrons. The lowest BCUT2D eigenvalue weighted by atomic mass is 10.0. The van der Waals surface area contributed by atoms with Crippen LogP contribution in [0.15, 0.2) is 36.7 Å². The quantitative estimate of drug-likeness (QED) is 0.932. The average molecular weight is 270 g/mol. The fourth-order valence-corrected chi connectivity index (χ4v) is 1.71. The van der Waals surface area contributed by atoms with Crippen LogP contribution in [-0.4, -0.2) is 20.9 Å². The maximum Gasteiger partial charge on any atom is 0.417 e. The van der Waals surface area contributed by atoms with E-state index in [0.29, 0.717) is 0 Å². The molecule has 1 aromatic heterocycles. The summed E-state index contributed by atoms with van der Waals surface area (Å²) in [4.78, 5) is 10.5. The summed E-state index contributed by atoms with van der Waals surface area (Å²) < 4.78 is 39.6. The lowest BCUT2D eigenvalue weighted by molar-refractivity contribution is -0.138. The molecule has 0 saturated heterocycles. The van der Waals surface area contributed by atoms with Gasteiger partial charge in [-0.15, -0.1) is 0 Å². The Hall–Kier alpha value is -2.31. The minimum Gasteiger partial charge on any atom is -0.480 e. The molecule has 0 aliphatic heterocycles. The number of carbonyl (C=O) groups is 1. The molecule has 1 heterocycles. The maximum atomic E-state index is 12.8. The van der Waals surface area contributed by atoms with E-state index in [0.717, 1.165) is 10.7 Å². The van der Waals surface area contributed by atoms with Crippen molar-refractivity contribution in [2.45, 2.75) is 12.7 Å². The zero-order valence-electron chi connectivity index (χ0n) is 9.55. The molecule has 2 rings (SSSR count). The van der Waals surface area contributed by atoms with Crippen LogP contribution in [0.25, 0.3) is 11.1 Å². The molecule has 0 saturated carbocycles. The number of benzene rings is 1. The zero-order chi connectivity index (χ0) is 14.0. The van der Waals surface area contributed by atoms with Gasteiger partial charge in [0.2, 0.25) is 0 Å². The van der Waals surface area contributed by atoms with Crippen molar-refractivity contribution in [1.82, 2.24) is 9.78 Å². The molecule has 0 atom stereocenters. The van der Waals surface area contributed by atoms with E-state index in [2.05, 4.69) is 5.10 Å². The van der Waals surface area contributed by atoms with E-state index >= 15 is 0 Å². The van der Waals surface area contributed by atoms with E-state index in [1.54, 1.807) is 0 Å². The van der Waals surface area contributed by atoms with Gasteiger partial charge < -0.3 is 5.11 Å². The first-order chi connectivity index (χ1) is 8.88. The number of nitrogens with zero attached hydrogens (tertiary/aromatic N) is 2. The highest BCUT2D eigenvalue weighted by Gasteiger charge is 2.33. The molecule has 7 heteroatoms. The van der Waals surface area contributed by atoms with E-state index in [9.17, 15) is 18.0 Å². The van der Waals surface area contributed by atoms with Gasteiger partial charge in [0.1, 0.15) is 6.54 Å². The van der Waals surface area contributed by atoms with Gasteiger partial charge in [-0.2, -0.15) is 18.3 Å². The summed E-state index contributed by atoms with van der Waals surface area (Å²) in [5, 5.41) is 12.3. The van der Waals surface area contributed by atoms with Gasteiger partial charge in [-0.3, -0.25) is 9.48 Å². The molecule has 0 fully saturated rings. The highest BCUT2D eigenvalue weighted by molar-refractivity contribution is 5.68. The number of carboxylic acid groups (broad SMARTS) is 1. The van der Waals surface area contributed by atoms with Crippen molar-refractivity contribution in [3.05, 3.63) is 42.2 Å². The molecule has 0 amide bonds. The van der Waals surface area contributed by atoms with E-state index < -0.39 is 24.3 Å². The monoisotopic (exact) mass is 270 g/mol. The standard InChI is InChI=1S/C12H9F3N2O2/c13-12(14,15)10-4-2-1-3-9(10)8-5-16-17(6-8)7-11(18)19/h1-6H,7H2,(H,18,19). The van der Waals surface area contributed by atoms with Crippen molar-refractivity contribution in [2.75, 3.05) is 0 Å². The Balaban J connectivity index is 2.42. The summed E-state index contributed by atoms with van der Waals surface area (Å²) in [7, 11) is 0. The van der Waals surface area contributed by atoms with Crippen LogP contribution in [0.2, 0.25) is 0 Å². The van der Waals surface area contributed by atoms with Crippen LogP contribution in [0, 0.1) is 0 Å². The number of rotatable bonds is 3. The first-order valence-electron chi connectivity index (χ1n) is 5.29. The number of halogens is 3. The Morgan fingerprint density at radius 3 is 2.63 bits per heavy atom. The van der Waals surface area contributed by atoms with Crippen molar-refractivity contribution < 1.29 is 23.1 Å². The Morgan fingerprint density at radius 2 is 2.00 bits per heavy atom. The summed E-state index contributed by atoms with van der Waals surface area (Å²) in [6, 6.07) is 5.09. The molecule has 0 spiro atoms. The highest BCUT2D eigenvalue weighted by Crippen LogP contribution is 2.36. The van der Waals surface area contributed by atoms with Crippen molar-refractivity contribution in [2.24, 2.45) is 0 Å². The normalized spacial score (nSPS) is 11.5. The third-order valence-electron chi connectivity index (χ3n) is 2.47. The SMILES string of the molecule is O=C(O)Cn1cc(-c2ccccc2C(F)(F)F)cn1. The number of aliphatic carboxylic acids is 1. The number of hydrogen-bond acceptors (Lipinski definition) is 2. The third kappa shape index (κ3) is 2.93. The van der Waals surface area contributed by atoms with Gasteiger partial charge in [0.25, 0.3) is 0 Å². The predicted octanol–water partition coefficient (Wildman–Crippen LogP) is 2.65. The highest BCUT2D eigenvalue weighted by atomic mass is 19.4. The molecule has 1 aromatic carbocycles. The molecule has 2 aromatic rings. The fourth-order valence-electron chi connectivity index (χ4n) is 1.71. The third-order valence-corrected chi connectivity index (χ3v) is 2.47. The van der Waals surface area contributed by atoms with Gasteiger partial charge >= 0.3 is 12.1 Å². The molecular formula is C12H9F3N2O2. The minimum absolute atomic E-state index is 0.0216. The van der Waals surface area contributed by atoms with Crippen LogP contribution in [0.1, 0.15) is 5.56 Å². The number of hydrogen-bond donors (Lipinski definition) is 1. The maximum absolute atomic E-state index is 12.8. The van der Waals surface area contributed by atoms with Crippen molar-refractivity contribution in [1.29, 1.82) is 0 Å². The van der Waals surface area contributed by atoms with Crippen molar-refractivity contribution in [3.8, 4) is 11.1 Å². The molecule has 4 nitrogen and oxygen atoms in total. The lowest BCUT2D eigenvalue weighted by Gasteiger charge is -2.10. The topological polar surface area (TPSA) is 55.1 Å². The number of aromatic nitrogens is 2. The molecule has 0 unspecified atom stereocenters. The average Bonchev–Trinajstić information content (AvgIpc) is 2.75. The van der Waals surface area contributed by atoms with Crippen LogP contribution in [-0.2, 0) is 17.5 Å². The fraction of sp³-hybridized carbons (Fsp3) is 0.167. The molecule has 0 bridgehead atoms. The van der Waals surface area contributed by atoms with Crippen LogP contribution in [0.5, 0.6) is 0 Å². The van der Waals surface area contributed by atoms with E-state index in [-0.39, 0.29) is 11.1 Å². The molecule has 0 aliphatic carbocycles. The summed E-state index contributed by atoms with van der Waals surface area (Å²) in [5.74, 6) is -1.11. The lowest BCUT2D eigenvalue weighted by Crippen LogP contribution is -2.08. The van der Waals surface area contributed by atoms with Crippen molar-refractivity contribution in [3.63, 3.8) is 0 Å². The van der Waals surface area contributed by atoms with E-state index in [1.165, 1.54) is 30.6 Å². The second-order valence-electron chi connectivity index (χ2n) is 3.86. The zero-order valence-corrected chi connectivity index (χ0v) is 9.55. The van der Waals surface area contributed by atoms with Gasteiger partial charge in [0, 0.05) is 11.8 Å². The van der Waals surface area contributed by atoms with Crippen LogP contribution < -0.4 is 0 Å². The Labute approximate surface area is 106 Å². The molecule has 0 radical (unpaired) electrons. The molecule has 1 N–H and O–H groups in total. The molecular weight excluding hydrogens is 261 g/mol. The first kappa shape index (κ1) is 13.1. The summed E-state index contributed by atoms with van der Waals surface area (Å²) in [5.41, 5.74) is -0.564. The Morgan fingerprint density at radius 1 is 1.32 bits per heavy atom. The smallest absolute Gasteiger partial charge is 0.417 e.